The Hall–Kier alpha value is -12.3. The van der Waals surface area contributed by atoms with Gasteiger partial charge in [-0.15, -0.1) is 6.42 Å². The molecule has 0 amide bonds. The summed E-state index contributed by atoms with van der Waals surface area (Å²) < 4.78 is 22.6. The van der Waals surface area contributed by atoms with E-state index < -0.39 is 10.0 Å². The van der Waals surface area contributed by atoms with Crippen molar-refractivity contribution in [3.63, 3.8) is 0 Å². The van der Waals surface area contributed by atoms with Gasteiger partial charge in [-0.1, -0.05) is 78.7 Å². The Morgan fingerprint density at radius 2 is 1.10 bits per heavy atom. The van der Waals surface area contributed by atoms with Crippen molar-refractivity contribution >= 4 is 85.2 Å². The molecule has 12 N–H and O–H groups in total. The first-order valence-electron chi connectivity index (χ1n) is 32.2. The third kappa shape index (κ3) is 16.6. The summed E-state index contributed by atoms with van der Waals surface area (Å²) in [6.45, 7) is 1.98. The van der Waals surface area contributed by atoms with Crippen LogP contribution in [0.3, 0.4) is 0 Å². The molecule has 0 aliphatic heterocycles. The highest BCUT2D eigenvalue weighted by molar-refractivity contribution is 7.89. The number of aromatic amines is 5. The lowest BCUT2D eigenvalue weighted by atomic mass is 10.2. The van der Waals surface area contributed by atoms with Crippen LogP contribution >= 0.6 is 0 Å². The van der Waals surface area contributed by atoms with E-state index in [1.807, 2.05) is 128 Å². The Morgan fingerprint density at radius 3 is 1.70 bits per heavy atom. The zero-order chi connectivity index (χ0) is 66.8. The van der Waals surface area contributed by atoms with Crippen LogP contribution in [0.25, 0.3) is 39.8 Å². The van der Waals surface area contributed by atoms with Gasteiger partial charge in [0.05, 0.1) is 33.6 Å². The van der Waals surface area contributed by atoms with Crippen LogP contribution in [0.4, 0.5) is 58.2 Å². The molecular weight excluding hydrogens is 1250 g/mol. The second kappa shape index (κ2) is 28.7. The average Bonchev–Trinajstić information content (AvgIpc) is 1.62. The van der Waals surface area contributed by atoms with Crippen molar-refractivity contribution in [2.75, 3.05) is 26.6 Å². The minimum Gasteiger partial charge on any atom is -0.324 e. The predicted molar refractivity (Wildman–Crippen MR) is 390 cm³/mol. The van der Waals surface area contributed by atoms with Gasteiger partial charge in [0, 0.05) is 138 Å². The largest absolute Gasteiger partial charge is 0.324 e. The highest BCUT2D eigenvalue weighted by Gasteiger charge is 2.29. The van der Waals surface area contributed by atoms with Crippen molar-refractivity contribution in [1.29, 1.82) is 0 Å². The van der Waals surface area contributed by atoms with Crippen LogP contribution in [0, 0.1) is 12.3 Å². The highest BCUT2D eigenvalue weighted by atomic mass is 32.2. The number of nitrogens with two attached hydrogens (primary N) is 1. The van der Waals surface area contributed by atoms with Crippen LogP contribution in [0.1, 0.15) is 136 Å². The van der Waals surface area contributed by atoms with E-state index in [9.17, 15) is 8.42 Å². The average molecular weight is 1330 g/mol. The number of hydrogen-bond acceptors (Lipinski definition) is 20. The van der Waals surface area contributed by atoms with Gasteiger partial charge in [-0.05, 0) is 119 Å². The van der Waals surface area contributed by atoms with Crippen molar-refractivity contribution in [2.45, 2.75) is 93.3 Å². The third-order valence-electron chi connectivity index (χ3n) is 16.3. The standard InChI is InChI=1S/C19H19N5.C18H15N5.C17H16N8.C17H18N6O2S.6H2/c1-2-6-15-12-20-18(14-7-4-3-5-8-14)22-19(15)21-17-11-16(23-24-17)13-9-10-13;1-2-12-11-19-17(14-6-4-3-5-7-14)21-18(12)20-16-10-15(22-23-16)13-8-9-13;1-2-10(1)14-8-16(25-24-14)21-15-5-6-18-17(22-15)20-12-3-4-13-11(7-12)9-19-23-13;18-26(24,25)15-5-3-12(4-6-15)20-17-19-8-7-13(21-17)9-14-10-16(23-22-14)11-1-2-11;;;;;;/h2-8,11-13H,9-10H2,1H3,(H2,20,21,22,23,24);1,3-7,10-11,13H,8-9H2,(H2,19,20,21,22,23);3-10H,1-2H2,(H,19,23)(H3,18,20,21,22,24,25);3-8,10-11H,1-2,9H2,(H,22,23)(H2,18,24,25)(H,19,20,21);6*1H/b6-2+;;;;;;;;;. The van der Waals surface area contributed by atoms with E-state index in [-0.39, 0.29) is 13.5 Å². The van der Waals surface area contributed by atoms with E-state index in [2.05, 4.69) is 131 Å². The SMILES string of the molecule is C#Cc1cnc(-c2ccccc2)nc1Nc1cc(C2CC2)[nH]n1.C/C=C/c1cnc(-c2ccccc2)nc1Nc1cc(C2CC2)[nH]n1.NS(=O)(=O)c1ccc(Nc2nccc(Cc3cc(C4CC4)n[nH]3)n2)cc1.[HH].[HH].[HH].[HH].[HH].[HH].c1cc(Nc2cc(C3CC3)[nH]n2)nc(Nc2ccc3[nH]ncc3c2)n1. The second-order valence-corrected chi connectivity index (χ2v) is 25.6. The number of sulfonamides is 1. The van der Waals surface area contributed by atoms with Gasteiger partial charge >= 0.3 is 0 Å². The van der Waals surface area contributed by atoms with Gasteiger partial charge in [-0.25, -0.2) is 48.4 Å². The van der Waals surface area contributed by atoms with Crippen molar-refractivity contribution in [2.24, 2.45) is 5.14 Å². The summed E-state index contributed by atoms with van der Waals surface area (Å²) >= 11 is 0. The van der Waals surface area contributed by atoms with Gasteiger partial charge < -0.3 is 26.6 Å². The summed E-state index contributed by atoms with van der Waals surface area (Å²) in [5.41, 5.74) is 12.6. The number of allylic oxidation sites excluding steroid dienone is 1. The zero-order valence-corrected chi connectivity index (χ0v) is 54.0. The van der Waals surface area contributed by atoms with Gasteiger partial charge in [0.15, 0.2) is 34.9 Å². The highest BCUT2D eigenvalue weighted by Crippen LogP contribution is 2.42. The predicted octanol–water partition coefficient (Wildman–Crippen LogP) is 15.0. The van der Waals surface area contributed by atoms with Crippen LogP contribution in [0.2, 0.25) is 0 Å². The number of primary sulfonamides is 1. The Balaban J connectivity index is 0.000000172. The van der Waals surface area contributed by atoms with E-state index in [4.69, 9.17) is 16.5 Å². The van der Waals surface area contributed by atoms with Crippen LogP contribution in [-0.2, 0) is 16.4 Å². The number of H-pyrrole nitrogens is 5. The van der Waals surface area contributed by atoms with Crippen molar-refractivity contribution < 1.29 is 17.0 Å². The van der Waals surface area contributed by atoms with Gasteiger partial charge in [-0.3, -0.25) is 25.5 Å². The fourth-order valence-corrected chi connectivity index (χ4v) is 11.0. The number of nitrogens with zero attached hydrogens (tertiary/aromatic N) is 13. The number of anilines is 10. The molecule has 0 saturated heterocycles. The van der Waals surface area contributed by atoms with E-state index in [1.165, 1.54) is 74.9 Å². The molecule has 0 unspecified atom stereocenters. The van der Waals surface area contributed by atoms with Gasteiger partial charge in [0.2, 0.25) is 21.9 Å². The molecule has 4 fully saturated rings. The second-order valence-electron chi connectivity index (χ2n) is 24.1. The number of nitrogens with one attached hydrogen (secondary N) is 10. The Labute approximate surface area is 572 Å². The molecule has 502 valence electrons. The maximum Gasteiger partial charge on any atom is 0.238 e. The summed E-state index contributed by atoms with van der Waals surface area (Å²) in [5, 5.41) is 58.7. The van der Waals surface area contributed by atoms with E-state index in [1.54, 1.807) is 36.9 Å². The smallest absolute Gasteiger partial charge is 0.238 e. The van der Waals surface area contributed by atoms with E-state index >= 15 is 0 Å². The van der Waals surface area contributed by atoms with Crippen LogP contribution in [0.5, 0.6) is 0 Å². The lowest BCUT2D eigenvalue weighted by Crippen LogP contribution is -2.11. The topological polar surface area (TPSA) is 367 Å². The van der Waals surface area contributed by atoms with Crippen molar-refractivity contribution in [1.82, 2.24) is 90.9 Å². The Bertz CT molecular complexity index is 5090. The normalized spacial score (nSPS) is 14.0. The fraction of sp³-hybridized carbons (Fsp3) is 0.197. The van der Waals surface area contributed by atoms with Crippen LogP contribution in [-0.4, -0.2) is 99.3 Å². The molecule has 4 aliphatic rings. The lowest BCUT2D eigenvalue weighted by molar-refractivity contribution is 0.598. The third-order valence-corrected chi connectivity index (χ3v) is 17.2. The van der Waals surface area contributed by atoms with Crippen molar-refractivity contribution in [3.8, 4) is 35.1 Å². The molecule has 0 bridgehead atoms. The number of benzene rings is 4. The van der Waals surface area contributed by atoms with E-state index in [0.717, 1.165) is 79.3 Å². The molecule has 98 heavy (non-hydrogen) atoms. The summed E-state index contributed by atoms with van der Waals surface area (Å²) in [6.07, 6.45) is 28.7. The molecule has 27 heteroatoms. The minimum atomic E-state index is -3.70. The molecular formula is C71H80N24O2S. The molecule has 4 saturated carbocycles. The van der Waals surface area contributed by atoms with Gasteiger partial charge in [0.1, 0.15) is 11.6 Å². The van der Waals surface area contributed by atoms with E-state index in [0.29, 0.717) is 76.5 Å². The summed E-state index contributed by atoms with van der Waals surface area (Å²) in [7, 11) is -3.70. The van der Waals surface area contributed by atoms with Gasteiger partial charge in [0.25, 0.3) is 0 Å². The maximum absolute atomic E-state index is 11.3. The monoisotopic (exact) mass is 1330 g/mol. The molecule has 9 aromatic heterocycles. The number of aromatic nitrogens is 18. The summed E-state index contributed by atoms with van der Waals surface area (Å²) in [5.74, 6) is 11.7. The zero-order valence-electron chi connectivity index (χ0n) is 53.2. The molecule has 4 aliphatic carbocycles. The number of hydrogen-bond donors (Lipinski definition) is 11. The molecule has 26 nitrogen and oxygen atoms in total. The summed E-state index contributed by atoms with van der Waals surface area (Å²) in [4.78, 5) is 35.6. The molecule has 13 aromatic rings. The number of rotatable bonds is 20. The van der Waals surface area contributed by atoms with Gasteiger partial charge in [-0.2, -0.15) is 30.5 Å². The maximum atomic E-state index is 11.3. The summed E-state index contributed by atoms with van der Waals surface area (Å²) in [6, 6.07) is 43.7. The first-order chi connectivity index (χ1) is 48.0. The Kier molecular flexibility index (Phi) is 18.5. The Morgan fingerprint density at radius 1 is 0.541 bits per heavy atom. The molecule has 9 heterocycles. The number of fused-ring (bicyclic) bond motifs is 1. The molecule has 4 aromatic carbocycles. The fourth-order valence-electron chi connectivity index (χ4n) is 10.5. The minimum absolute atomic E-state index is 0. The number of terminal acetylenes is 1. The quantitative estimate of drug-likeness (QED) is 0.0316. The van der Waals surface area contributed by atoms with Crippen LogP contribution in [0.15, 0.2) is 181 Å². The van der Waals surface area contributed by atoms with Crippen molar-refractivity contribution in [3.05, 3.63) is 222 Å². The van der Waals surface area contributed by atoms with Crippen LogP contribution < -0.4 is 31.7 Å². The lowest BCUT2D eigenvalue weighted by Gasteiger charge is -2.08. The molecule has 0 radical (unpaired) electrons. The molecule has 0 atom stereocenters. The first kappa shape index (κ1) is 63.1. The molecule has 0 spiro atoms. The first-order valence-corrected chi connectivity index (χ1v) is 33.7. The molecule has 17 rings (SSSR count).